The summed E-state index contributed by atoms with van der Waals surface area (Å²) in [6.45, 7) is 5.84. The van der Waals surface area contributed by atoms with Crippen molar-refractivity contribution in [1.82, 2.24) is 29.6 Å². The third kappa shape index (κ3) is 5.26. The molecule has 1 aromatic carbocycles. The number of thioether (sulfide) groups is 2. The zero-order valence-electron chi connectivity index (χ0n) is 17.8. The number of nitrogens with one attached hydrogen (secondary N) is 1. The summed E-state index contributed by atoms with van der Waals surface area (Å²) in [5, 5.41) is 13.4. The van der Waals surface area contributed by atoms with Crippen molar-refractivity contribution < 1.29 is 4.79 Å². The first-order valence-electron chi connectivity index (χ1n) is 9.96. The predicted octanol–water partition coefficient (Wildman–Crippen LogP) is 3.93. The van der Waals surface area contributed by atoms with Gasteiger partial charge in [0.05, 0.1) is 6.20 Å². The van der Waals surface area contributed by atoms with Crippen LogP contribution in [-0.4, -0.2) is 49.3 Å². The van der Waals surface area contributed by atoms with Gasteiger partial charge in [0, 0.05) is 25.2 Å². The second-order valence-electron chi connectivity index (χ2n) is 7.27. The highest BCUT2D eigenvalue weighted by Gasteiger charge is 2.18. The predicted molar refractivity (Wildman–Crippen MR) is 123 cm³/mol. The average Bonchev–Trinajstić information content (AvgIpc) is 3.35. The summed E-state index contributed by atoms with van der Waals surface area (Å²) in [4.78, 5) is 17.2. The summed E-state index contributed by atoms with van der Waals surface area (Å²) in [6.07, 6.45) is 7.18. The van der Waals surface area contributed by atoms with Gasteiger partial charge in [0.1, 0.15) is 11.5 Å². The van der Waals surface area contributed by atoms with Gasteiger partial charge >= 0.3 is 0 Å². The zero-order valence-corrected chi connectivity index (χ0v) is 19.5. The smallest absolute Gasteiger partial charge is 0.269 e. The molecule has 0 fully saturated rings. The first kappa shape index (κ1) is 22.4. The highest BCUT2D eigenvalue weighted by Crippen LogP contribution is 2.21. The number of hydrogen-bond acceptors (Lipinski definition) is 6. The van der Waals surface area contributed by atoms with Crippen LogP contribution in [0.25, 0.3) is 5.69 Å². The summed E-state index contributed by atoms with van der Waals surface area (Å²) >= 11 is 3.13. The minimum Gasteiger partial charge on any atom is -0.351 e. The Labute approximate surface area is 186 Å². The third-order valence-electron chi connectivity index (χ3n) is 4.55. The number of rotatable bonds is 10. The number of aryl methyl sites for hydroxylation is 1. The maximum absolute atomic E-state index is 12.8. The molecule has 0 atom stereocenters. The first-order valence-corrected chi connectivity index (χ1v) is 12.4. The van der Waals surface area contributed by atoms with Crippen molar-refractivity contribution in [2.75, 3.05) is 19.1 Å². The molecule has 0 spiro atoms. The molecule has 0 aliphatic heterocycles. The number of para-hydroxylation sites is 1. The van der Waals surface area contributed by atoms with Gasteiger partial charge in [-0.15, -0.1) is 10.2 Å². The van der Waals surface area contributed by atoms with Crippen molar-refractivity contribution in [1.29, 1.82) is 0 Å². The molecule has 0 saturated carbocycles. The Morgan fingerprint density at radius 3 is 2.50 bits per heavy atom. The van der Waals surface area contributed by atoms with Gasteiger partial charge in [-0.25, -0.2) is 4.98 Å². The number of hydrogen-bond donors (Lipinski definition) is 1. The molecule has 2 heterocycles. The number of carbonyl (C=O) groups is 1. The van der Waals surface area contributed by atoms with E-state index in [0.717, 1.165) is 41.2 Å². The third-order valence-corrected chi connectivity index (χ3v) is 5.87. The quantitative estimate of drug-likeness (QED) is 0.377. The Hall–Kier alpha value is -2.26. The van der Waals surface area contributed by atoms with Crippen LogP contribution in [0.5, 0.6) is 0 Å². The highest BCUT2D eigenvalue weighted by atomic mass is 32.2. The van der Waals surface area contributed by atoms with E-state index in [1.54, 1.807) is 18.0 Å². The van der Waals surface area contributed by atoms with Gasteiger partial charge < -0.3 is 9.88 Å². The van der Waals surface area contributed by atoms with E-state index in [0.29, 0.717) is 18.2 Å². The molecule has 160 valence electrons. The number of imidazole rings is 1. The van der Waals surface area contributed by atoms with E-state index in [9.17, 15) is 4.79 Å². The van der Waals surface area contributed by atoms with E-state index in [-0.39, 0.29) is 5.91 Å². The van der Waals surface area contributed by atoms with Crippen molar-refractivity contribution in [2.45, 2.75) is 43.5 Å². The van der Waals surface area contributed by atoms with Gasteiger partial charge in [0.2, 0.25) is 0 Å². The summed E-state index contributed by atoms with van der Waals surface area (Å²) in [5.74, 6) is 1.37. The second-order valence-corrected chi connectivity index (χ2v) is 8.81. The van der Waals surface area contributed by atoms with Gasteiger partial charge in [-0.3, -0.25) is 9.36 Å². The fourth-order valence-corrected chi connectivity index (χ4v) is 4.28. The maximum atomic E-state index is 12.8. The number of aromatic nitrogens is 5. The molecule has 3 aromatic rings. The Morgan fingerprint density at radius 1 is 1.10 bits per heavy atom. The molecule has 0 saturated heterocycles. The average molecular weight is 445 g/mol. The van der Waals surface area contributed by atoms with E-state index in [1.807, 2.05) is 47.4 Å². The van der Waals surface area contributed by atoms with Crippen LogP contribution in [0.15, 0.2) is 46.8 Å². The molecule has 9 heteroatoms. The Bertz CT molecular complexity index is 967. The molecule has 0 aliphatic carbocycles. The molecule has 0 bridgehead atoms. The van der Waals surface area contributed by atoms with Crippen LogP contribution in [0.1, 0.15) is 36.6 Å². The van der Waals surface area contributed by atoms with Crippen molar-refractivity contribution in [3.8, 4) is 5.69 Å². The fraction of sp³-hybridized carbons (Fsp3) is 0.429. The molecule has 1 N–H and O–H groups in total. The molecule has 2 aromatic heterocycles. The van der Waals surface area contributed by atoms with Crippen LogP contribution in [0, 0.1) is 5.92 Å². The maximum Gasteiger partial charge on any atom is 0.269 e. The summed E-state index contributed by atoms with van der Waals surface area (Å²) in [5.41, 5.74) is 1.47. The van der Waals surface area contributed by atoms with E-state index in [4.69, 9.17) is 0 Å². The SMILES string of the molecule is CSc1nnc(CCCNC(=O)c2cnc(SC)n2-c2ccccc2)n1CC(C)C. The molecule has 3 rings (SSSR count). The fourth-order valence-electron chi connectivity index (χ4n) is 3.21. The lowest BCUT2D eigenvalue weighted by Crippen LogP contribution is -2.27. The largest absolute Gasteiger partial charge is 0.351 e. The van der Waals surface area contributed by atoms with Gasteiger partial charge in [0.15, 0.2) is 10.3 Å². The first-order chi connectivity index (χ1) is 14.5. The minimum atomic E-state index is -0.125. The minimum absolute atomic E-state index is 0.125. The van der Waals surface area contributed by atoms with Crippen LogP contribution < -0.4 is 5.32 Å². The molecule has 0 unspecified atom stereocenters. The lowest BCUT2D eigenvalue weighted by atomic mass is 10.2. The van der Waals surface area contributed by atoms with Crippen LogP contribution in [0.3, 0.4) is 0 Å². The normalized spacial score (nSPS) is 11.2. The molecular weight excluding hydrogens is 416 g/mol. The van der Waals surface area contributed by atoms with Crippen molar-refractivity contribution in [2.24, 2.45) is 5.92 Å². The van der Waals surface area contributed by atoms with Crippen LogP contribution in [0.2, 0.25) is 0 Å². The van der Waals surface area contributed by atoms with Crippen LogP contribution in [0.4, 0.5) is 0 Å². The molecule has 30 heavy (non-hydrogen) atoms. The van der Waals surface area contributed by atoms with Crippen molar-refractivity contribution in [3.05, 3.63) is 48.0 Å². The molecular formula is C21H28N6OS2. The van der Waals surface area contributed by atoms with Crippen molar-refractivity contribution >= 4 is 29.4 Å². The zero-order chi connectivity index (χ0) is 21.5. The Kier molecular flexibility index (Phi) is 7.98. The van der Waals surface area contributed by atoms with Gasteiger partial charge in [0.25, 0.3) is 5.91 Å². The van der Waals surface area contributed by atoms with E-state index in [1.165, 1.54) is 11.8 Å². The van der Waals surface area contributed by atoms with E-state index in [2.05, 4.69) is 38.9 Å². The molecule has 0 aliphatic rings. The number of nitrogens with zero attached hydrogens (tertiary/aromatic N) is 5. The topological polar surface area (TPSA) is 77.6 Å². The molecule has 0 radical (unpaired) electrons. The Morgan fingerprint density at radius 2 is 1.83 bits per heavy atom. The van der Waals surface area contributed by atoms with E-state index >= 15 is 0 Å². The molecule has 1 amide bonds. The number of benzene rings is 1. The number of amides is 1. The standard InChI is InChI=1S/C21H28N6OS2/c1-15(2)14-26-18(24-25-21(26)30-4)11-8-12-22-19(28)17-13-23-20(29-3)27(17)16-9-6-5-7-10-16/h5-7,9-10,13,15H,8,11-12,14H2,1-4H3,(H,22,28). The van der Waals surface area contributed by atoms with E-state index < -0.39 is 0 Å². The number of carbonyl (C=O) groups excluding carboxylic acids is 1. The van der Waals surface area contributed by atoms with Crippen LogP contribution >= 0.6 is 23.5 Å². The monoisotopic (exact) mass is 444 g/mol. The molecule has 7 nitrogen and oxygen atoms in total. The van der Waals surface area contributed by atoms with Gasteiger partial charge in [-0.2, -0.15) is 0 Å². The summed E-state index contributed by atoms with van der Waals surface area (Å²) in [7, 11) is 0. The van der Waals surface area contributed by atoms with Gasteiger partial charge in [-0.1, -0.05) is 55.6 Å². The van der Waals surface area contributed by atoms with Gasteiger partial charge in [-0.05, 0) is 37.0 Å². The Balaban J connectivity index is 1.63. The summed E-state index contributed by atoms with van der Waals surface area (Å²) in [6, 6.07) is 9.82. The lowest BCUT2D eigenvalue weighted by Gasteiger charge is -2.12. The highest BCUT2D eigenvalue weighted by molar-refractivity contribution is 7.98. The van der Waals surface area contributed by atoms with Crippen molar-refractivity contribution in [3.63, 3.8) is 0 Å². The second kappa shape index (κ2) is 10.7. The lowest BCUT2D eigenvalue weighted by molar-refractivity contribution is 0.0945. The van der Waals surface area contributed by atoms with Crippen LogP contribution in [-0.2, 0) is 13.0 Å². The summed E-state index contributed by atoms with van der Waals surface area (Å²) < 4.78 is 4.08.